The highest BCUT2D eigenvalue weighted by Crippen LogP contribution is 2.29. The van der Waals surface area contributed by atoms with E-state index < -0.39 is 35.8 Å². The van der Waals surface area contributed by atoms with Gasteiger partial charge in [0, 0.05) is 30.8 Å². The molecule has 1 aliphatic rings. The molecular formula is C22H24N4O6. The van der Waals surface area contributed by atoms with E-state index in [4.69, 9.17) is 15.6 Å². The summed E-state index contributed by atoms with van der Waals surface area (Å²) in [7, 11) is 0. The Balaban J connectivity index is 1.66. The molecule has 3 aromatic rings. The molecule has 0 spiro atoms. The van der Waals surface area contributed by atoms with E-state index in [-0.39, 0.29) is 19.6 Å². The van der Waals surface area contributed by atoms with E-state index in [1.807, 2.05) is 18.2 Å². The molecule has 1 aliphatic heterocycles. The molecule has 1 saturated heterocycles. The van der Waals surface area contributed by atoms with Crippen molar-refractivity contribution in [1.82, 2.24) is 14.1 Å². The lowest BCUT2D eigenvalue weighted by molar-refractivity contribution is -0.0458. The van der Waals surface area contributed by atoms with Gasteiger partial charge in [0.1, 0.15) is 12.2 Å². The second-order valence-electron chi connectivity index (χ2n) is 7.65. The number of hydrogen-bond acceptors (Lipinski definition) is 8. The van der Waals surface area contributed by atoms with E-state index in [9.17, 15) is 19.8 Å². The molecule has 3 heterocycles. The number of pyridine rings is 1. The van der Waals surface area contributed by atoms with Gasteiger partial charge < -0.3 is 25.8 Å². The number of nitrogens with zero attached hydrogens (tertiary/aromatic N) is 3. The lowest BCUT2D eigenvalue weighted by atomic mass is 10.1. The molecule has 4 atom stereocenters. The molecular weight excluding hydrogens is 416 g/mol. The lowest BCUT2D eigenvalue weighted by Crippen LogP contribution is -2.43. The Bertz CT molecular complexity index is 1220. The van der Waals surface area contributed by atoms with Crippen LogP contribution in [0.25, 0.3) is 11.1 Å². The van der Waals surface area contributed by atoms with Gasteiger partial charge in [-0.2, -0.15) is 0 Å². The molecule has 0 radical (unpaired) electrons. The van der Waals surface area contributed by atoms with E-state index in [0.717, 1.165) is 20.3 Å². The van der Waals surface area contributed by atoms with Crippen LogP contribution in [0.5, 0.6) is 0 Å². The molecule has 0 saturated carbocycles. The maximum absolute atomic E-state index is 13.1. The Hall–Kier alpha value is -3.31. The number of aliphatic hydroxyl groups excluding tert-OH is 3. The summed E-state index contributed by atoms with van der Waals surface area (Å²) in [4.78, 5) is 29.8. The van der Waals surface area contributed by atoms with Crippen molar-refractivity contribution in [3.63, 3.8) is 0 Å². The fraction of sp³-hybridized carbons (Fsp3) is 0.318. The minimum absolute atomic E-state index is 0.0971. The van der Waals surface area contributed by atoms with Crippen molar-refractivity contribution in [3.8, 4) is 11.1 Å². The number of nitrogens with two attached hydrogens (primary N) is 1. The van der Waals surface area contributed by atoms with Gasteiger partial charge in [-0.1, -0.05) is 12.1 Å². The lowest BCUT2D eigenvalue weighted by Gasteiger charge is -2.18. The molecule has 10 heteroatoms. The van der Waals surface area contributed by atoms with E-state index in [1.165, 1.54) is 12.3 Å². The smallest absolute Gasteiger partial charge is 0.333 e. The van der Waals surface area contributed by atoms with Crippen LogP contribution in [0.15, 0.2) is 64.4 Å². The molecule has 0 amide bonds. The predicted molar refractivity (Wildman–Crippen MR) is 116 cm³/mol. The largest absolute Gasteiger partial charge is 0.399 e. The van der Waals surface area contributed by atoms with Gasteiger partial charge in [-0.3, -0.25) is 18.9 Å². The molecule has 5 N–H and O–H groups in total. The summed E-state index contributed by atoms with van der Waals surface area (Å²) in [5.41, 5.74) is 7.39. The van der Waals surface area contributed by atoms with E-state index in [1.54, 1.807) is 24.4 Å². The second-order valence-corrected chi connectivity index (χ2v) is 7.65. The SMILES string of the molecule is Nc1cccc(-c2ccnc(Cn3c(=O)ccn(C4OC(CCO)C(O)C4O)c3=O)c2)c1. The number of aromatic nitrogens is 3. The fourth-order valence-electron chi connectivity index (χ4n) is 3.82. The molecule has 0 bridgehead atoms. The molecule has 1 fully saturated rings. The molecule has 10 nitrogen and oxygen atoms in total. The van der Waals surface area contributed by atoms with Crippen molar-refractivity contribution in [2.75, 3.05) is 12.3 Å². The summed E-state index contributed by atoms with van der Waals surface area (Å²) < 4.78 is 7.63. The molecule has 4 rings (SSSR count). The van der Waals surface area contributed by atoms with Gasteiger partial charge >= 0.3 is 5.69 Å². The van der Waals surface area contributed by atoms with Crippen molar-refractivity contribution in [3.05, 3.63) is 81.4 Å². The van der Waals surface area contributed by atoms with Crippen LogP contribution in [0.2, 0.25) is 0 Å². The van der Waals surface area contributed by atoms with Crippen LogP contribution in [0, 0.1) is 0 Å². The van der Waals surface area contributed by atoms with Crippen LogP contribution in [0.4, 0.5) is 5.69 Å². The van der Waals surface area contributed by atoms with Crippen molar-refractivity contribution in [2.24, 2.45) is 0 Å². The number of rotatable bonds is 6. The van der Waals surface area contributed by atoms with Gasteiger partial charge in [-0.25, -0.2) is 4.79 Å². The minimum Gasteiger partial charge on any atom is -0.399 e. The average Bonchev–Trinajstić information content (AvgIpc) is 3.06. The first kappa shape index (κ1) is 21.9. The highest BCUT2D eigenvalue weighted by atomic mass is 16.6. The van der Waals surface area contributed by atoms with E-state index in [2.05, 4.69) is 4.98 Å². The highest BCUT2D eigenvalue weighted by Gasteiger charge is 2.43. The van der Waals surface area contributed by atoms with Gasteiger partial charge in [-0.05, 0) is 41.8 Å². The zero-order valence-electron chi connectivity index (χ0n) is 17.1. The minimum atomic E-state index is -1.39. The summed E-state index contributed by atoms with van der Waals surface area (Å²) in [5, 5.41) is 29.6. The first-order valence-corrected chi connectivity index (χ1v) is 10.1. The quantitative estimate of drug-likeness (QED) is 0.381. The monoisotopic (exact) mass is 440 g/mol. The van der Waals surface area contributed by atoms with Crippen molar-refractivity contribution >= 4 is 5.69 Å². The molecule has 0 aliphatic carbocycles. The summed E-state index contributed by atoms with van der Waals surface area (Å²) in [6.07, 6.45) is -1.77. The van der Waals surface area contributed by atoms with Crippen LogP contribution >= 0.6 is 0 Å². The van der Waals surface area contributed by atoms with Crippen molar-refractivity contribution in [1.29, 1.82) is 0 Å². The number of anilines is 1. The van der Waals surface area contributed by atoms with Crippen LogP contribution in [0.1, 0.15) is 18.3 Å². The number of aliphatic hydroxyl groups is 3. The Morgan fingerprint density at radius 2 is 1.84 bits per heavy atom. The summed E-state index contributed by atoms with van der Waals surface area (Å²) in [6.45, 7) is -0.343. The van der Waals surface area contributed by atoms with Crippen molar-refractivity contribution in [2.45, 2.75) is 37.5 Å². The van der Waals surface area contributed by atoms with Gasteiger partial charge in [0.05, 0.1) is 18.3 Å². The number of benzene rings is 1. The summed E-state index contributed by atoms with van der Waals surface area (Å²) in [6, 6.07) is 12.1. The molecule has 168 valence electrons. The average molecular weight is 440 g/mol. The Labute approximate surface area is 182 Å². The predicted octanol–water partition coefficient (Wildman–Crippen LogP) is -0.296. The van der Waals surface area contributed by atoms with Crippen LogP contribution in [0.3, 0.4) is 0 Å². The van der Waals surface area contributed by atoms with Gasteiger partial charge in [0.2, 0.25) is 0 Å². The highest BCUT2D eigenvalue weighted by molar-refractivity contribution is 5.67. The number of nitrogen functional groups attached to an aromatic ring is 1. The maximum Gasteiger partial charge on any atom is 0.333 e. The van der Waals surface area contributed by atoms with Crippen LogP contribution in [-0.2, 0) is 11.3 Å². The summed E-state index contributed by atoms with van der Waals surface area (Å²) in [5.74, 6) is 0. The fourth-order valence-corrected chi connectivity index (χ4v) is 3.82. The first-order chi connectivity index (χ1) is 15.4. The molecule has 4 unspecified atom stereocenters. The van der Waals surface area contributed by atoms with Crippen molar-refractivity contribution < 1.29 is 20.1 Å². The third-order valence-corrected chi connectivity index (χ3v) is 5.48. The Morgan fingerprint density at radius 3 is 2.59 bits per heavy atom. The maximum atomic E-state index is 13.1. The zero-order valence-corrected chi connectivity index (χ0v) is 17.1. The molecule has 32 heavy (non-hydrogen) atoms. The standard InChI is InChI=1S/C22H24N4O6/c23-15-3-1-2-13(10-15)14-4-7-24-16(11-14)12-26-18(28)5-8-25(22(26)31)21-20(30)19(29)17(32-21)6-9-27/h1-5,7-8,10-11,17,19-21,27,29-30H,6,9,12,23H2. The van der Waals surface area contributed by atoms with Gasteiger partial charge in [0.15, 0.2) is 6.23 Å². The molecule has 1 aromatic carbocycles. The van der Waals surface area contributed by atoms with Gasteiger partial charge in [-0.15, -0.1) is 0 Å². The van der Waals surface area contributed by atoms with Crippen LogP contribution < -0.4 is 17.0 Å². The van der Waals surface area contributed by atoms with Gasteiger partial charge in [0.25, 0.3) is 5.56 Å². The number of hydrogen-bond donors (Lipinski definition) is 4. The van der Waals surface area contributed by atoms with Crippen LogP contribution in [-0.4, -0.2) is 54.4 Å². The first-order valence-electron chi connectivity index (χ1n) is 10.1. The third kappa shape index (κ3) is 4.21. The Morgan fingerprint density at radius 1 is 1.06 bits per heavy atom. The normalized spacial score (nSPS) is 22.8. The third-order valence-electron chi connectivity index (χ3n) is 5.48. The Kier molecular flexibility index (Phi) is 6.19. The second kappa shape index (κ2) is 9.05. The number of ether oxygens (including phenoxy) is 1. The van der Waals surface area contributed by atoms with E-state index in [0.29, 0.717) is 11.4 Å². The zero-order chi connectivity index (χ0) is 22.8. The topological polar surface area (TPSA) is 153 Å². The summed E-state index contributed by atoms with van der Waals surface area (Å²) >= 11 is 0. The molecule has 2 aromatic heterocycles. The van der Waals surface area contributed by atoms with E-state index >= 15 is 0 Å².